The van der Waals surface area contributed by atoms with Gasteiger partial charge < -0.3 is 15.1 Å². The van der Waals surface area contributed by atoms with Crippen molar-refractivity contribution in [3.8, 4) is 0 Å². The average molecular weight is 286 g/mol. The second-order valence-corrected chi connectivity index (χ2v) is 5.38. The van der Waals surface area contributed by atoms with E-state index in [4.69, 9.17) is 16.7 Å². The van der Waals surface area contributed by atoms with E-state index in [2.05, 4.69) is 9.97 Å². The number of hydrogen-bond acceptors (Lipinski definition) is 5. The Morgan fingerprint density at radius 1 is 1.47 bits per heavy atom. The van der Waals surface area contributed by atoms with E-state index in [-0.39, 0.29) is 11.7 Å². The smallest absolute Gasteiger partial charge is 0.309 e. The van der Waals surface area contributed by atoms with Gasteiger partial charge in [-0.15, -0.1) is 0 Å². The number of halogens is 1. The maximum absolute atomic E-state index is 10.7. The van der Waals surface area contributed by atoms with Crippen molar-refractivity contribution in [1.82, 2.24) is 9.97 Å². The summed E-state index contributed by atoms with van der Waals surface area (Å²) < 4.78 is 0. The summed E-state index contributed by atoms with van der Waals surface area (Å²) in [6.45, 7) is 3.13. The van der Waals surface area contributed by atoms with E-state index in [9.17, 15) is 9.90 Å². The largest absolute Gasteiger partial charge is 0.481 e. The normalized spacial score (nSPS) is 18.4. The molecule has 104 valence electrons. The Kier molecular flexibility index (Phi) is 3.91. The molecule has 0 spiro atoms. The van der Waals surface area contributed by atoms with Gasteiger partial charge in [-0.25, -0.2) is 9.97 Å². The third-order valence-corrected chi connectivity index (χ3v) is 3.40. The van der Waals surface area contributed by atoms with E-state index in [0.29, 0.717) is 37.4 Å². The van der Waals surface area contributed by atoms with Crippen LogP contribution in [0.15, 0.2) is 6.07 Å². The van der Waals surface area contributed by atoms with Crippen LogP contribution in [0.1, 0.15) is 25.5 Å². The predicted molar refractivity (Wildman–Crippen MR) is 70.5 cm³/mol. The molecule has 2 heterocycles. The number of carboxylic acid groups (broad SMARTS) is 1. The van der Waals surface area contributed by atoms with Crippen LogP contribution in [-0.4, -0.2) is 44.8 Å². The first-order valence-corrected chi connectivity index (χ1v) is 6.46. The van der Waals surface area contributed by atoms with Crippen molar-refractivity contribution in [2.24, 2.45) is 0 Å². The standard InChI is InChI=1S/C12H16ClN3O3/c1-12(19)2-4-16(5-3-12)9-6-8(7-10(17)18)14-11(13)15-9/h6,19H,2-5,7H2,1H3,(H,17,18). The summed E-state index contributed by atoms with van der Waals surface area (Å²) in [5.74, 6) is -0.339. The lowest BCUT2D eigenvalue weighted by Crippen LogP contribution is -2.42. The van der Waals surface area contributed by atoms with Crippen molar-refractivity contribution < 1.29 is 15.0 Å². The molecule has 6 nitrogen and oxygen atoms in total. The molecule has 0 unspecified atom stereocenters. The molecule has 1 aromatic rings. The fraction of sp³-hybridized carbons (Fsp3) is 0.583. The maximum atomic E-state index is 10.7. The van der Waals surface area contributed by atoms with E-state index in [1.165, 1.54) is 0 Å². The quantitative estimate of drug-likeness (QED) is 0.809. The molecule has 0 aromatic carbocycles. The molecule has 0 bridgehead atoms. The zero-order valence-corrected chi connectivity index (χ0v) is 11.4. The van der Waals surface area contributed by atoms with Crippen LogP contribution in [0.4, 0.5) is 5.82 Å². The van der Waals surface area contributed by atoms with Crippen LogP contribution >= 0.6 is 11.6 Å². The molecular weight excluding hydrogens is 270 g/mol. The highest BCUT2D eigenvalue weighted by Crippen LogP contribution is 2.25. The number of aliphatic hydroxyl groups is 1. The summed E-state index contributed by atoms with van der Waals surface area (Å²) in [5, 5.41) is 18.7. The third-order valence-electron chi connectivity index (χ3n) is 3.24. The van der Waals surface area contributed by atoms with Crippen LogP contribution in [-0.2, 0) is 11.2 Å². The van der Waals surface area contributed by atoms with E-state index in [1.807, 2.05) is 11.8 Å². The van der Waals surface area contributed by atoms with Crippen LogP contribution < -0.4 is 4.90 Å². The van der Waals surface area contributed by atoms with E-state index in [0.717, 1.165) is 0 Å². The summed E-state index contributed by atoms with van der Waals surface area (Å²) in [7, 11) is 0. The van der Waals surface area contributed by atoms with Crippen LogP contribution in [0, 0.1) is 0 Å². The monoisotopic (exact) mass is 285 g/mol. The summed E-state index contributed by atoms with van der Waals surface area (Å²) in [6, 6.07) is 1.64. The van der Waals surface area contributed by atoms with E-state index >= 15 is 0 Å². The Bertz CT molecular complexity index is 483. The molecule has 0 atom stereocenters. The van der Waals surface area contributed by atoms with Gasteiger partial charge in [0.1, 0.15) is 5.82 Å². The van der Waals surface area contributed by atoms with E-state index < -0.39 is 11.6 Å². The molecule has 1 saturated heterocycles. The summed E-state index contributed by atoms with van der Waals surface area (Å²) in [6.07, 6.45) is 1.10. The Hall–Kier alpha value is -1.40. The third kappa shape index (κ3) is 3.78. The number of rotatable bonds is 3. The lowest BCUT2D eigenvalue weighted by Gasteiger charge is -2.36. The number of piperidine rings is 1. The Morgan fingerprint density at radius 3 is 2.68 bits per heavy atom. The molecule has 2 N–H and O–H groups in total. The van der Waals surface area contributed by atoms with Gasteiger partial charge in [-0.2, -0.15) is 0 Å². The van der Waals surface area contributed by atoms with Gasteiger partial charge in [0.2, 0.25) is 5.28 Å². The predicted octanol–water partition coefficient (Wildman–Crippen LogP) is 1.11. The number of aromatic nitrogens is 2. The topological polar surface area (TPSA) is 86.5 Å². The Balaban J connectivity index is 2.16. The fourth-order valence-corrected chi connectivity index (χ4v) is 2.27. The van der Waals surface area contributed by atoms with E-state index in [1.54, 1.807) is 6.07 Å². The molecule has 1 aliphatic rings. The first-order chi connectivity index (χ1) is 8.85. The highest BCUT2D eigenvalue weighted by atomic mass is 35.5. The van der Waals surface area contributed by atoms with Crippen LogP contribution in [0.2, 0.25) is 5.28 Å². The summed E-state index contributed by atoms with van der Waals surface area (Å²) in [5.41, 5.74) is -0.253. The SMILES string of the molecule is CC1(O)CCN(c2cc(CC(=O)O)nc(Cl)n2)CC1. The van der Waals surface area contributed by atoms with Gasteiger partial charge in [-0.1, -0.05) is 0 Å². The zero-order valence-electron chi connectivity index (χ0n) is 10.6. The van der Waals surface area contributed by atoms with Gasteiger partial charge in [0.15, 0.2) is 0 Å². The maximum Gasteiger partial charge on any atom is 0.309 e. The van der Waals surface area contributed by atoms with Gasteiger partial charge in [0.05, 0.1) is 17.7 Å². The number of carboxylic acids is 1. The second-order valence-electron chi connectivity index (χ2n) is 5.04. The van der Waals surface area contributed by atoms with Crippen molar-refractivity contribution >= 4 is 23.4 Å². The molecule has 0 radical (unpaired) electrons. The Labute approximate surface area is 116 Å². The van der Waals surface area contributed by atoms with Gasteiger partial charge >= 0.3 is 5.97 Å². The lowest BCUT2D eigenvalue weighted by molar-refractivity contribution is -0.136. The lowest BCUT2D eigenvalue weighted by atomic mass is 9.94. The summed E-state index contributed by atoms with van der Waals surface area (Å²) >= 11 is 5.82. The van der Waals surface area contributed by atoms with Crippen molar-refractivity contribution in [2.75, 3.05) is 18.0 Å². The molecule has 19 heavy (non-hydrogen) atoms. The van der Waals surface area contributed by atoms with Crippen LogP contribution in [0.25, 0.3) is 0 Å². The van der Waals surface area contributed by atoms with Gasteiger partial charge in [0, 0.05) is 19.2 Å². The highest BCUT2D eigenvalue weighted by molar-refractivity contribution is 6.28. The minimum Gasteiger partial charge on any atom is -0.481 e. The summed E-state index contributed by atoms with van der Waals surface area (Å²) in [4.78, 5) is 20.7. The molecule has 0 aliphatic carbocycles. The number of anilines is 1. The fourth-order valence-electron chi connectivity index (χ4n) is 2.08. The Morgan fingerprint density at radius 2 is 2.11 bits per heavy atom. The molecule has 1 aromatic heterocycles. The number of nitrogens with zero attached hydrogens (tertiary/aromatic N) is 3. The average Bonchev–Trinajstić information content (AvgIpc) is 2.26. The molecule has 1 fully saturated rings. The number of aliphatic carboxylic acids is 1. The molecule has 0 saturated carbocycles. The first kappa shape index (κ1) is 14.0. The molecule has 7 heteroatoms. The number of hydrogen-bond donors (Lipinski definition) is 2. The molecule has 2 rings (SSSR count). The minimum absolute atomic E-state index is 0.0473. The molecule has 0 amide bonds. The van der Waals surface area contributed by atoms with Crippen LogP contribution in [0.5, 0.6) is 0 Å². The number of carbonyl (C=O) groups is 1. The van der Waals surface area contributed by atoms with Crippen molar-refractivity contribution in [2.45, 2.75) is 31.8 Å². The van der Waals surface area contributed by atoms with Gasteiger partial charge in [-0.05, 0) is 31.4 Å². The van der Waals surface area contributed by atoms with Crippen molar-refractivity contribution in [1.29, 1.82) is 0 Å². The highest BCUT2D eigenvalue weighted by Gasteiger charge is 2.28. The van der Waals surface area contributed by atoms with Gasteiger partial charge in [0.25, 0.3) is 0 Å². The zero-order chi connectivity index (χ0) is 14.0. The van der Waals surface area contributed by atoms with Crippen LogP contribution in [0.3, 0.4) is 0 Å². The van der Waals surface area contributed by atoms with Crippen molar-refractivity contribution in [3.05, 3.63) is 17.0 Å². The van der Waals surface area contributed by atoms with Crippen molar-refractivity contribution in [3.63, 3.8) is 0 Å². The minimum atomic E-state index is -0.956. The first-order valence-electron chi connectivity index (χ1n) is 6.08. The molecule has 1 aliphatic heterocycles. The van der Waals surface area contributed by atoms with Gasteiger partial charge in [-0.3, -0.25) is 4.79 Å². The second kappa shape index (κ2) is 5.30. The molecular formula is C12H16ClN3O3.